The first kappa shape index (κ1) is 16.0. The van der Waals surface area contributed by atoms with Crippen LogP contribution in [-0.4, -0.2) is 23.1 Å². The van der Waals surface area contributed by atoms with Crippen molar-refractivity contribution in [3.63, 3.8) is 0 Å². The first-order valence-corrected chi connectivity index (χ1v) is 7.09. The van der Waals surface area contributed by atoms with Gasteiger partial charge in [-0.1, -0.05) is 13.0 Å². The highest BCUT2D eigenvalue weighted by atomic mass is 15.2. The zero-order chi connectivity index (χ0) is 14.7. The molecule has 0 atom stereocenters. The van der Waals surface area contributed by atoms with E-state index in [0.29, 0.717) is 0 Å². The Balaban J connectivity index is 2.71. The Morgan fingerprint density at radius 1 is 1.16 bits per heavy atom. The lowest BCUT2D eigenvalue weighted by Crippen LogP contribution is -2.41. The van der Waals surface area contributed by atoms with Crippen LogP contribution in [0.2, 0.25) is 0 Å². The molecule has 1 rings (SSSR count). The summed E-state index contributed by atoms with van der Waals surface area (Å²) >= 11 is 0. The van der Waals surface area contributed by atoms with Gasteiger partial charge in [-0.05, 0) is 52.7 Å². The van der Waals surface area contributed by atoms with Crippen LogP contribution in [0.4, 0.5) is 5.82 Å². The van der Waals surface area contributed by atoms with Crippen molar-refractivity contribution in [1.29, 1.82) is 0 Å². The summed E-state index contributed by atoms with van der Waals surface area (Å²) < 4.78 is 0. The normalized spacial score (nSPS) is 12.6. The summed E-state index contributed by atoms with van der Waals surface area (Å²) in [5.74, 6) is 1.03. The maximum atomic E-state index is 4.58. The minimum atomic E-state index is 0.137. The summed E-state index contributed by atoms with van der Waals surface area (Å²) in [6.45, 7) is 14.1. The first-order valence-electron chi connectivity index (χ1n) is 7.09. The number of nitrogens with one attached hydrogen (secondary N) is 1. The van der Waals surface area contributed by atoms with Crippen LogP contribution in [0, 0.1) is 0 Å². The quantitative estimate of drug-likeness (QED) is 0.880. The van der Waals surface area contributed by atoms with Gasteiger partial charge < -0.3 is 10.2 Å². The average Bonchev–Trinajstić information content (AvgIpc) is 2.35. The molecule has 0 unspecified atom stereocenters. The maximum Gasteiger partial charge on any atom is 0.128 e. The van der Waals surface area contributed by atoms with Gasteiger partial charge in [-0.3, -0.25) is 0 Å². The average molecular weight is 263 g/mol. The molecule has 3 heteroatoms. The molecule has 0 aromatic carbocycles. The summed E-state index contributed by atoms with van der Waals surface area (Å²) in [4.78, 5) is 6.82. The second-order valence-electron chi connectivity index (χ2n) is 6.85. The molecule has 19 heavy (non-hydrogen) atoms. The lowest BCUT2D eigenvalue weighted by atomic mass is 10.00. The molecule has 1 aromatic rings. The number of aromatic nitrogens is 1. The lowest BCUT2D eigenvalue weighted by Gasteiger charge is -2.35. The van der Waals surface area contributed by atoms with E-state index in [2.05, 4.69) is 75.9 Å². The van der Waals surface area contributed by atoms with Gasteiger partial charge in [0.05, 0.1) is 0 Å². The van der Waals surface area contributed by atoms with Crippen molar-refractivity contribution in [3.8, 4) is 0 Å². The second-order valence-corrected chi connectivity index (χ2v) is 6.85. The molecule has 0 bridgehead atoms. The van der Waals surface area contributed by atoms with Crippen LogP contribution in [0.5, 0.6) is 0 Å². The summed E-state index contributed by atoms with van der Waals surface area (Å²) in [6.07, 6.45) is 3.06. The van der Waals surface area contributed by atoms with Gasteiger partial charge in [-0.15, -0.1) is 0 Å². The molecule has 1 N–H and O–H groups in total. The van der Waals surface area contributed by atoms with Crippen LogP contribution in [0.1, 0.15) is 53.5 Å². The third kappa shape index (κ3) is 4.83. The molecule has 0 aliphatic rings. The standard InChI is InChI=1S/C16H29N3/c1-8-16(5,6)19(7)14-10-9-13(11-17-14)12-18-15(2,3)4/h9-11,18H,8,12H2,1-7H3. The van der Waals surface area contributed by atoms with E-state index in [1.54, 1.807) is 0 Å². The van der Waals surface area contributed by atoms with Gasteiger partial charge in [0.25, 0.3) is 0 Å². The Kier molecular flexibility index (Phi) is 4.97. The highest BCUT2D eigenvalue weighted by Gasteiger charge is 2.22. The fraction of sp³-hybridized carbons (Fsp3) is 0.688. The Morgan fingerprint density at radius 3 is 2.21 bits per heavy atom. The van der Waals surface area contributed by atoms with Gasteiger partial charge >= 0.3 is 0 Å². The van der Waals surface area contributed by atoms with Crippen molar-refractivity contribution in [1.82, 2.24) is 10.3 Å². The van der Waals surface area contributed by atoms with Crippen molar-refractivity contribution in [2.24, 2.45) is 0 Å². The van der Waals surface area contributed by atoms with Gasteiger partial charge in [-0.2, -0.15) is 0 Å². The third-order valence-corrected chi connectivity index (χ3v) is 3.75. The Hall–Kier alpha value is -1.09. The number of nitrogens with zero attached hydrogens (tertiary/aromatic N) is 2. The fourth-order valence-electron chi connectivity index (χ4n) is 1.63. The Morgan fingerprint density at radius 2 is 1.79 bits per heavy atom. The fourth-order valence-corrected chi connectivity index (χ4v) is 1.63. The minimum absolute atomic E-state index is 0.137. The van der Waals surface area contributed by atoms with E-state index in [1.807, 2.05) is 6.20 Å². The zero-order valence-corrected chi connectivity index (χ0v) is 13.5. The van der Waals surface area contributed by atoms with Crippen LogP contribution >= 0.6 is 0 Å². The maximum absolute atomic E-state index is 4.58. The second kappa shape index (κ2) is 5.91. The number of pyridine rings is 1. The number of hydrogen-bond donors (Lipinski definition) is 1. The number of hydrogen-bond acceptors (Lipinski definition) is 3. The van der Waals surface area contributed by atoms with Crippen molar-refractivity contribution in [3.05, 3.63) is 23.9 Å². The zero-order valence-electron chi connectivity index (χ0n) is 13.5. The van der Waals surface area contributed by atoms with E-state index < -0.39 is 0 Å². The lowest BCUT2D eigenvalue weighted by molar-refractivity contribution is 0.424. The molecule has 1 aromatic heterocycles. The van der Waals surface area contributed by atoms with Gasteiger partial charge in [0.15, 0.2) is 0 Å². The molecule has 0 spiro atoms. The molecule has 0 saturated heterocycles. The molecule has 0 aliphatic carbocycles. The predicted molar refractivity (Wildman–Crippen MR) is 83.6 cm³/mol. The van der Waals surface area contributed by atoms with Gasteiger partial charge in [0, 0.05) is 30.9 Å². The molecule has 0 aliphatic heterocycles. The monoisotopic (exact) mass is 263 g/mol. The van der Waals surface area contributed by atoms with Gasteiger partial charge in [-0.25, -0.2) is 4.98 Å². The Bertz CT molecular complexity index is 387. The van der Waals surface area contributed by atoms with E-state index in [-0.39, 0.29) is 11.1 Å². The Labute approximate surface area is 118 Å². The van der Waals surface area contributed by atoms with Crippen LogP contribution < -0.4 is 10.2 Å². The van der Waals surface area contributed by atoms with E-state index in [1.165, 1.54) is 5.56 Å². The smallest absolute Gasteiger partial charge is 0.128 e. The summed E-state index contributed by atoms with van der Waals surface area (Å²) in [5, 5.41) is 3.47. The summed E-state index contributed by atoms with van der Waals surface area (Å²) in [7, 11) is 2.11. The molecule has 3 nitrogen and oxygen atoms in total. The molecule has 0 saturated carbocycles. The van der Waals surface area contributed by atoms with Crippen molar-refractivity contribution in [2.75, 3.05) is 11.9 Å². The number of anilines is 1. The predicted octanol–water partition coefficient (Wildman–Crippen LogP) is 3.59. The largest absolute Gasteiger partial charge is 0.355 e. The first-order chi connectivity index (χ1) is 8.65. The van der Waals surface area contributed by atoms with Crippen molar-refractivity contribution in [2.45, 2.75) is 65.6 Å². The highest BCUT2D eigenvalue weighted by Crippen LogP contribution is 2.22. The molecule has 1 heterocycles. The molecule has 0 fully saturated rings. The molecule has 0 radical (unpaired) electrons. The molecule has 0 amide bonds. The SMILES string of the molecule is CCC(C)(C)N(C)c1ccc(CNC(C)(C)C)cn1. The van der Waals surface area contributed by atoms with Gasteiger partial charge in [0.2, 0.25) is 0 Å². The molecular formula is C16H29N3. The van der Waals surface area contributed by atoms with Crippen LogP contribution in [0.25, 0.3) is 0 Å². The topological polar surface area (TPSA) is 28.2 Å². The van der Waals surface area contributed by atoms with Crippen LogP contribution in [-0.2, 0) is 6.54 Å². The van der Waals surface area contributed by atoms with E-state index in [4.69, 9.17) is 0 Å². The van der Waals surface area contributed by atoms with Crippen molar-refractivity contribution >= 4 is 5.82 Å². The third-order valence-electron chi connectivity index (χ3n) is 3.75. The summed E-state index contributed by atoms with van der Waals surface area (Å²) in [5.41, 5.74) is 1.50. The van der Waals surface area contributed by atoms with E-state index in [0.717, 1.165) is 18.8 Å². The molecule has 108 valence electrons. The van der Waals surface area contributed by atoms with Crippen molar-refractivity contribution < 1.29 is 0 Å². The van der Waals surface area contributed by atoms with Crippen LogP contribution in [0.3, 0.4) is 0 Å². The molecular weight excluding hydrogens is 234 g/mol. The van der Waals surface area contributed by atoms with E-state index >= 15 is 0 Å². The number of rotatable bonds is 5. The van der Waals surface area contributed by atoms with Crippen LogP contribution in [0.15, 0.2) is 18.3 Å². The van der Waals surface area contributed by atoms with E-state index in [9.17, 15) is 0 Å². The highest BCUT2D eigenvalue weighted by molar-refractivity contribution is 5.41. The summed E-state index contributed by atoms with van der Waals surface area (Å²) in [6, 6.07) is 4.26. The van der Waals surface area contributed by atoms with Gasteiger partial charge in [0.1, 0.15) is 5.82 Å². The minimum Gasteiger partial charge on any atom is -0.355 e.